The van der Waals surface area contributed by atoms with Crippen LogP contribution in [-0.2, 0) is 20.5 Å². The second-order valence-electron chi connectivity index (χ2n) is 9.47. The quantitative estimate of drug-likeness (QED) is 0.119. The minimum atomic E-state index is -4.86. The minimum Gasteiger partial charge on any atom is -0.497 e. The van der Waals surface area contributed by atoms with Crippen molar-refractivity contribution in [3.05, 3.63) is 94.4 Å². The highest BCUT2D eigenvalue weighted by Crippen LogP contribution is 2.41. The van der Waals surface area contributed by atoms with Crippen molar-refractivity contribution in [2.45, 2.75) is 22.9 Å². The average Bonchev–Trinajstić information content (AvgIpc) is 3.67. The van der Waals surface area contributed by atoms with E-state index in [4.69, 9.17) is 9.47 Å². The summed E-state index contributed by atoms with van der Waals surface area (Å²) in [6.07, 6.45) is -5.21. The van der Waals surface area contributed by atoms with Crippen molar-refractivity contribution in [1.29, 1.82) is 5.26 Å². The Morgan fingerprint density at radius 3 is 2.38 bits per heavy atom. The number of esters is 1. The van der Waals surface area contributed by atoms with E-state index in [0.29, 0.717) is 28.0 Å². The van der Waals surface area contributed by atoms with Gasteiger partial charge in [-0.1, -0.05) is 17.8 Å². The van der Waals surface area contributed by atoms with Crippen LogP contribution in [0.15, 0.2) is 77.1 Å². The van der Waals surface area contributed by atoms with Gasteiger partial charge >= 0.3 is 12.1 Å². The first-order chi connectivity index (χ1) is 21.5. The number of methoxy groups -OCH3 is 1. The molecule has 0 aliphatic carbocycles. The summed E-state index contributed by atoms with van der Waals surface area (Å²) in [5.74, 6) is -2.02. The van der Waals surface area contributed by atoms with Gasteiger partial charge in [-0.25, -0.2) is 14.7 Å². The number of ketones is 1. The molecule has 0 N–H and O–H groups in total. The number of thiophene rings is 1. The third kappa shape index (κ3) is 6.74. The molecule has 14 heteroatoms. The Balaban J connectivity index is 1.30. The van der Waals surface area contributed by atoms with Gasteiger partial charge < -0.3 is 9.47 Å². The van der Waals surface area contributed by atoms with E-state index in [9.17, 15) is 37.6 Å². The molecule has 0 spiro atoms. The van der Waals surface area contributed by atoms with Gasteiger partial charge in [-0.05, 0) is 66.0 Å². The lowest BCUT2D eigenvalue weighted by atomic mass is 10.1. The number of alkyl halides is 3. The normalized spacial score (nSPS) is 14.7. The third-order valence-corrected chi connectivity index (χ3v) is 8.71. The zero-order valence-corrected chi connectivity index (χ0v) is 24.8. The van der Waals surface area contributed by atoms with Gasteiger partial charge in [-0.3, -0.25) is 14.4 Å². The number of carbonyl (C=O) groups is 4. The van der Waals surface area contributed by atoms with E-state index < -0.39 is 52.7 Å². The summed E-state index contributed by atoms with van der Waals surface area (Å²) in [7, 11) is 1.49. The number of aromatic nitrogens is 1. The number of imide groups is 1. The summed E-state index contributed by atoms with van der Waals surface area (Å²) in [6, 6.07) is 17.1. The van der Waals surface area contributed by atoms with Gasteiger partial charge in [0, 0.05) is 12.0 Å². The molecular formula is C31H20F3N3O6S2. The lowest BCUT2D eigenvalue weighted by Gasteiger charge is -2.17. The second kappa shape index (κ2) is 12.9. The summed E-state index contributed by atoms with van der Waals surface area (Å²) in [5, 5.41) is 9.80. The Morgan fingerprint density at radius 2 is 1.78 bits per heavy atom. The molecule has 5 rings (SSSR count). The molecule has 0 radical (unpaired) electrons. The number of hydrogen-bond acceptors (Lipinski definition) is 10. The largest absolute Gasteiger partial charge is 0.497 e. The molecule has 1 aliphatic rings. The molecule has 4 aromatic rings. The van der Waals surface area contributed by atoms with Crippen molar-refractivity contribution >= 4 is 52.4 Å². The molecular weight excluding hydrogens is 631 g/mol. The molecule has 2 aromatic carbocycles. The fourth-order valence-electron chi connectivity index (χ4n) is 4.41. The maximum Gasteiger partial charge on any atom is 0.417 e. The summed E-state index contributed by atoms with van der Waals surface area (Å²) >= 11 is 1.78. The monoisotopic (exact) mass is 651 g/mol. The number of rotatable bonds is 9. The fourth-order valence-corrected chi connectivity index (χ4v) is 6.22. The highest BCUT2D eigenvalue weighted by atomic mass is 32.2. The van der Waals surface area contributed by atoms with Crippen molar-refractivity contribution in [3.8, 4) is 22.4 Å². The first kappa shape index (κ1) is 31.4. The summed E-state index contributed by atoms with van der Waals surface area (Å²) in [5.41, 5.74) is -1.44. The van der Waals surface area contributed by atoms with E-state index in [1.54, 1.807) is 35.7 Å². The smallest absolute Gasteiger partial charge is 0.417 e. The topological polar surface area (TPSA) is 127 Å². The molecule has 1 fully saturated rings. The van der Waals surface area contributed by atoms with Gasteiger partial charge in [0.05, 0.1) is 45.3 Å². The molecule has 0 saturated carbocycles. The molecule has 9 nitrogen and oxygen atoms in total. The van der Waals surface area contributed by atoms with E-state index in [2.05, 4.69) is 4.98 Å². The maximum absolute atomic E-state index is 13.9. The Hall–Kier alpha value is -5.00. The zero-order chi connectivity index (χ0) is 32.3. The first-order valence-electron chi connectivity index (χ1n) is 13.0. The fraction of sp³-hybridized carbons (Fsp3) is 0.161. The highest BCUT2D eigenvalue weighted by Gasteiger charge is 2.42. The third-order valence-electron chi connectivity index (χ3n) is 6.64. The number of anilines is 1. The first-order valence-corrected chi connectivity index (χ1v) is 14.8. The number of thioether (sulfide) groups is 1. The van der Waals surface area contributed by atoms with Gasteiger partial charge in [0.1, 0.15) is 16.8 Å². The van der Waals surface area contributed by atoms with E-state index in [-0.39, 0.29) is 28.4 Å². The highest BCUT2D eigenvalue weighted by molar-refractivity contribution is 8.00. The molecule has 1 unspecified atom stereocenters. The van der Waals surface area contributed by atoms with Crippen LogP contribution in [0.5, 0.6) is 5.75 Å². The van der Waals surface area contributed by atoms with Crippen LogP contribution in [-0.4, -0.2) is 47.5 Å². The van der Waals surface area contributed by atoms with Gasteiger partial charge in [0.25, 0.3) is 0 Å². The predicted octanol–water partition coefficient (Wildman–Crippen LogP) is 6.17. The molecule has 228 valence electrons. The number of hydrogen-bond donors (Lipinski definition) is 0. The lowest BCUT2D eigenvalue weighted by molar-refractivity contribution is -0.138. The number of Topliss-reactive ketones (excluding diaryl/α,β-unsaturated/α-hetero) is 1. The van der Waals surface area contributed by atoms with Crippen LogP contribution >= 0.6 is 23.1 Å². The molecule has 2 amide bonds. The van der Waals surface area contributed by atoms with E-state index in [1.165, 1.54) is 43.5 Å². The van der Waals surface area contributed by atoms with Gasteiger partial charge in [0.2, 0.25) is 11.8 Å². The molecule has 1 saturated heterocycles. The lowest BCUT2D eigenvalue weighted by Crippen LogP contribution is -2.31. The Labute approximate surface area is 262 Å². The van der Waals surface area contributed by atoms with Crippen LogP contribution in [0.2, 0.25) is 0 Å². The Bertz CT molecular complexity index is 1820. The minimum absolute atomic E-state index is 0.0133. The number of nitrogens with zero attached hydrogens (tertiary/aromatic N) is 3. The van der Waals surface area contributed by atoms with Crippen molar-refractivity contribution in [2.75, 3.05) is 18.6 Å². The molecule has 0 bridgehead atoms. The van der Waals surface area contributed by atoms with Crippen molar-refractivity contribution < 1.29 is 41.8 Å². The van der Waals surface area contributed by atoms with Gasteiger partial charge in [0.15, 0.2) is 12.4 Å². The van der Waals surface area contributed by atoms with Crippen LogP contribution < -0.4 is 9.64 Å². The second-order valence-corrected chi connectivity index (χ2v) is 11.6. The average molecular weight is 652 g/mol. The number of ether oxygens (including phenoxy) is 2. The van der Waals surface area contributed by atoms with Gasteiger partial charge in [-0.2, -0.15) is 18.4 Å². The molecule has 2 aromatic heterocycles. The van der Waals surface area contributed by atoms with Crippen molar-refractivity contribution in [1.82, 2.24) is 4.98 Å². The Morgan fingerprint density at radius 1 is 1.09 bits per heavy atom. The summed E-state index contributed by atoms with van der Waals surface area (Å²) in [6.45, 7) is -0.516. The predicted molar refractivity (Wildman–Crippen MR) is 158 cm³/mol. The van der Waals surface area contributed by atoms with Crippen LogP contribution in [0.25, 0.3) is 10.6 Å². The number of carbonyl (C=O) groups excluding carboxylic acids is 4. The summed E-state index contributed by atoms with van der Waals surface area (Å²) in [4.78, 5) is 56.6. The summed E-state index contributed by atoms with van der Waals surface area (Å²) < 4.78 is 51.8. The Kier molecular flexibility index (Phi) is 9.03. The van der Waals surface area contributed by atoms with Crippen molar-refractivity contribution in [2.24, 2.45) is 0 Å². The number of amides is 2. The number of halogens is 3. The molecule has 3 heterocycles. The number of pyridine rings is 1. The van der Waals surface area contributed by atoms with E-state index in [0.717, 1.165) is 22.3 Å². The van der Waals surface area contributed by atoms with Crippen LogP contribution in [0.4, 0.5) is 18.9 Å². The zero-order valence-electron chi connectivity index (χ0n) is 23.2. The number of benzene rings is 2. The van der Waals surface area contributed by atoms with Crippen molar-refractivity contribution in [3.63, 3.8) is 0 Å². The van der Waals surface area contributed by atoms with Crippen LogP contribution in [0.1, 0.15) is 38.3 Å². The molecule has 1 atom stereocenters. The van der Waals surface area contributed by atoms with E-state index >= 15 is 0 Å². The molecule has 45 heavy (non-hydrogen) atoms. The van der Waals surface area contributed by atoms with Gasteiger partial charge in [-0.15, -0.1) is 11.3 Å². The van der Waals surface area contributed by atoms with Crippen LogP contribution in [0, 0.1) is 11.3 Å². The number of nitriles is 1. The SMILES string of the molecule is COc1ccc(C(=O)COC(=O)c2ccc(N3C(=O)CC(Sc4nc(-c5cccs5)cc(C(F)(F)F)c4C#N)C3=O)cc2)cc1. The standard InChI is InChI=1S/C31H20F3N3O6S2/c1-42-20-10-6-17(7-11-20)24(38)16-43-30(41)18-4-8-19(9-5-18)37-27(39)14-26(29(37)40)45-28-21(15-35)22(31(32,33)34)13-23(36-28)25-3-2-12-44-25/h2-13,26H,14,16H2,1H3. The van der Waals surface area contributed by atoms with Crippen LogP contribution in [0.3, 0.4) is 0 Å². The maximum atomic E-state index is 13.9. The van der Waals surface area contributed by atoms with E-state index in [1.807, 2.05) is 0 Å². The molecule has 1 aliphatic heterocycles.